The van der Waals surface area contributed by atoms with Gasteiger partial charge in [0.05, 0.1) is 0 Å². The van der Waals surface area contributed by atoms with Crippen LogP contribution in [0.1, 0.15) is 58.8 Å². The minimum atomic E-state index is 0.302. The SMILES string of the molecule is CCNC1CCC(N(C)C(=O)C2CCCC2C)CC1. The zero-order valence-electron chi connectivity index (χ0n) is 12.8. The van der Waals surface area contributed by atoms with E-state index in [0.29, 0.717) is 29.8 Å². The van der Waals surface area contributed by atoms with Gasteiger partial charge in [-0.2, -0.15) is 0 Å². The minimum Gasteiger partial charge on any atom is -0.343 e. The maximum absolute atomic E-state index is 12.6. The van der Waals surface area contributed by atoms with E-state index in [4.69, 9.17) is 0 Å². The summed E-state index contributed by atoms with van der Waals surface area (Å²) in [5, 5.41) is 3.53. The predicted octanol–water partition coefficient (Wildman–Crippen LogP) is 2.80. The first-order chi connectivity index (χ1) is 9.13. The molecule has 2 fully saturated rings. The predicted molar refractivity (Wildman–Crippen MR) is 79.0 cm³/mol. The molecule has 2 rings (SSSR count). The van der Waals surface area contributed by atoms with Gasteiger partial charge < -0.3 is 10.2 Å². The number of nitrogens with one attached hydrogen (secondary N) is 1. The molecule has 2 atom stereocenters. The second-order valence-electron chi connectivity index (χ2n) is 6.53. The van der Waals surface area contributed by atoms with Crippen molar-refractivity contribution in [3.05, 3.63) is 0 Å². The molecule has 2 unspecified atom stereocenters. The largest absolute Gasteiger partial charge is 0.343 e. The highest BCUT2D eigenvalue weighted by atomic mass is 16.2. The molecule has 19 heavy (non-hydrogen) atoms. The first-order valence-electron chi connectivity index (χ1n) is 8.13. The zero-order valence-corrected chi connectivity index (χ0v) is 12.8. The van der Waals surface area contributed by atoms with Gasteiger partial charge >= 0.3 is 0 Å². The van der Waals surface area contributed by atoms with Crippen LogP contribution >= 0.6 is 0 Å². The lowest BCUT2D eigenvalue weighted by Gasteiger charge is -2.36. The summed E-state index contributed by atoms with van der Waals surface area (Å²) in [6.07, 6.45) is 8.35. The molecule has 0 aromatic heterocycles. The lowest BCUT2D eigenvalue weighted by Crippen LogP contribution is -2.45. The van der Waals surface area contributed by atoms with Crippen LogP contribution in [0.15, 0.2) is 0 Å². The third-order valence-corrected chi connectivity index (χ3v) is 5.26. The standard InChI is InChI=1S/C16H30N2O/c1-4-17-13-8-10-14(11-9-13)18(3)16(19)15-7-5-6-12(15)2/h12-15,17H,4-11H2,1-3H3. The quantitative estimate of drug-likeness (QED) is 0.848. The third-order valence-electron chi connectivity index (χ3n) is 5.26. The van der Waals surface area contributed by atoms with E-state index in [9.17, 15) is 4.79 Å². The molecule has 0 bridgehead atoms. The van der Waals surface area contributed by atoms with Crippen molar-refractivity contribution < 1.29 is 4.79 Å². The van der Waals surface area contributed by atoms with E-state index >= 15 is 0 Å². The Hall–Kier alpha value is -0.570. The number of rotatable bonds is 4. The van der Waals surface area contributed by atoms with E-state index in [2.05, 4.69) is 24.1 Å². The van der Waals surface area contributed by atoms with E-state index < -0.39 is 0 Å². The number of carbonyl (C=O) groups excluding carboxylic acids is 1. The fourth-order valence-corrected chi connectivity index (χ4v) is 3.91. The van der Waals surface area contributed by atoms with Gasteiger partial charge in [0.15, 0.2) is 0 Å². The number of carbonyl (C=O) groups is 1. The highest BCUT2D eigenvalue weighted by molar-refractivity contribution is 5.79. The highest BCUT2D eigenvalue weighted by Gasteiger charge is 2.34. The minimum absolute atomic E-state index is 0.302. The summed E-state index contributed by atoms with van der Waals surface area (Å²) in [6.45, 7) is 5.47. The summed E-state index contributed by atoms with van der Waals surface area (Å²) in [5.74, 6) is 1.31. The Morgan fingerprint density at radius 2 is 1.84 bits per heavy atom. The monoisotopic (exact) mass is 266 g/mol. The second-order valence-corrected chi connectivity index (χ2v) is 6.53. The Morgan fingerprint density at radius 3 is 2.37 bits per heavy atom. The average molecular weight is 266 g/mol. The molecule has 0 heterocycles. The average Bonchev–Trinajstić information content (AvgIpc) is 2.84. The molecular weight excluding hydrogens is 236 g/mol. The molecule has 0 radical (unpaired) electrons. The third kappa shape index (κ3) is 3.50. The first kappa shape index (κ1) is 14.8. The maximum atomic E-state index is 12.6. The number of amides is 1. The van der Waals surface area contributed by atoms with Gasteiger partial charge in [-0.05, 0) is 51.0 Å². The van der Waals surface area contributed by atoms with Crippen molar-refractivity contribution in [2.45, 2.75) is 70.9 Å². The molecule has 0 saturated heterocycles. The van der Waals surface area contributed by atoms with Crippen LogP contribution in [-0.2, 0) is 4.79 Å². The van der Waals surface area contributed by atoms with Crippen molar-refractivity contribution in [1.29, 1.82) is 0 Å². The van der Waals surface area contributed by atoms with Crippen LogP contribution in [0.3, 0.4) is 0 Å². The Bertz CT molecular complexity index is 297. The first-order valence-corrected chi connectivity index (χ1v) is 8.13. The lowest BCUT2D eigenvalue weighted by molar-refractivity contribution is -0.138. The molecule has 0 aromatic rings. The van der Waals surface area contributed by atoms with E-state index in [-0.39, 0.29) is 0 Å². The number of hydrogen-bond acceptors (Lipinski definition) is 2. The summed E-state index contributed by atoms with van der Waals surface area (Å²) in [6, 6.07) is 1.16. The highest BCUT2D eigenvalue weighted by Crippen LogP contribution is 2.34. The van der Waals surface area contributed by atoms with Crippen molar-refractivity contribution >= 4 is 5.91 Å². The van der Waals surface area contributed by atoms with Gasteiger partial charge in [-0.3, -0.25) is 4.79 Å². The molecule has 3 heteroatoms. The molecule has 0 spiro atoms. The molecule has 0 aliphatic heterocycles. The van der Waals surface area contributed by atoms with Gasteiger partial charge in [0, 0.05) is 25.0 Å². The van der Waals surface area contributed by atoms with Crippen LogP contribution in [0.25, 0.3) is 0 Å². The molecule has 2 aliphatic rings. The molecule has 1 N–H and O–H groups in total. The second kappa shape index (κ2) is 6.74. The van der Waals surface area contributed by atoms with Gasteiger partial charge in [-0.25, -0.2) is 0 Å². The van der Waals surface area contributed by atoms with Crippen LogP contribution in [0, 0.1) is 11.8 Å². The Morgan fingerprint density at radius 1 is 1.16 bits per heavy atom. The van der Waals surface area contributed by atoms with E-state index in [1.807, 2.05) is 7.05 Å². The molecule has 1 amide bonds. The molecule has 0 aromatic carbocycles. The Balaban J connectivity index is 1.83. The Kier molecular flexibility index (Phi) is 5.26. The smallest absolute Gasteiger partial charge is 0.225 e. The summed E-state index contributed by atoms with van der Waals surface area (Å²) >= 11 is 0. The number of nitrogens with zero attached hydrogens (tertiary/aromatic N) is 1. The fraction of sp³-hybridized carbons (Fsp3) is 0.938. The molecule has 3 nitrogen and oxygen atoms in total. The topological polar surface area (TPSA) is 32.3 Å². The van der Waals surface area contributed by atoms with Crippen molar-refractivity contribution in [2.75, 3.05) is 13.6 Å². The van der Waals surface area contributed by atoms with E-state index in [1.54, 1.807) is 0 Å². The van der Waals surface area contributed by atoms with Crippen molar-refractivity contribution in [1.82, 2.24) is 10.2 Å². The van der Waals surface area contributed by atoms with Crippen LogP contribution in [0.2, 0.25) is 0 Å². The Labute approximate surface area is 118 Å². The van der Waals surface area contributed by atoms with Crippen LogP contribution in [0.5, 0.6) is 0 Å². The molecule has 2 saturated carbocycles. The van der Waals surface area contributed by atoms with Gasteiger partial charge in [0.25, 0.3) is 0 Å². The number of hydrogen-bond donors (Lipinski definition) is 1. The van der Waals surface area contributed by atoms with Crippen molar-refractivity contribution in [2.24, 2.45) is 11.8 Å². The molecule has 110 valence electrons. The summed E-state index contributed by atoms with van der Waals surface area (Å²) in [4.78, 5) is 14.7. The summed E-state index contributed by atoms with van der Waals surface area (Å²) < 4.78 is 0. The summed E-state index contributed by atoms with van der Waals surface area (Å²) in [5.41, 5.74) is 0. The van der Waals surface area contributed by atoms with Gasteiger partial charge in [-0.15, -0.1) is 0 Å². The molecular formula is C16H30N2O. The van der Waals surface area contributed by atoms with Gasteiger partial charge in [0.1, 0.15) is 0 Å². The summed E-state index contributed by atoms with van der Waals surface area (Å²) in [7, 11) is 2.03. The molecule has 2 aliphatic carbocycles. The van der Waals surface area contributed by atoms with E-state index in [0.717, 1.165) is 13.0 Å². The fourth-order valence-electron chi connectivity index (χ4n) is 3.91. The van der Waals surface area contributed by atoms with Crippen molar-refractivity contribution in [3.8, 4) is 0 Å². The zero-order chi connectivity index (χ0) is 13.8. The normalized spacial score (nSPS) is 35.3. The van der Waals surface area contributed by atoms with E-state index in [1.165, 1.54) is 38.5 Å². The van der Waals surface area contributed by atoms with Crippen LogP contribution < -0.4 is 5.32 Å². The van der Waals surface area contributed by atoms with Crippen LogP contribution in [0.4, 0.5) is 0 Å². The maximum Gasteiger partial charge on any atom is 0.225 e. The van der Waals surface area contributed by atoms with Crippen molar-refractivity contribution in [3.63, 3.8) is 0 Å². The van der Waals surface area contributed by atoms with Gasteiger partial charge in [-0.1, -0.05) is 20.3 Å². The lowest BCUT2D eigenvalue weighted by atomic mass is 9.89. The van der Waals surface area contributed by atoms with Crippen LogP contribution in [-0.4, -0.2) is 36.5 Å². The van der Waals surface area contributed by atoms with Gasteiger partial charge in [0.2, 0.25) is 5.91 Å².